The van der Waals surface area contributed by atoms with Gasteiger partial charge in [0.05, 0.1) is 0 Å². The largest absolute Gasteiger partial charge is 0.371 e. The van der Waals surface area contributed by atoms with E-state index < -0.39 is 0 Å². The Morgan fingerprint density at radius 3 is 2.23 bits per heavy atom. The maximum absolute atomic E-state index is 14.0. The second-order valence-electron chi connectivity index (χ2n) is 13.4. The van der Waals surface area contributed by atoms with E-state index in [1.165, 1.54) is 48.1 Å². The molecule has 6 nitrogen and oxygen atoms in total. The van der Waals surface area contributed by atoms with Crippen LogP contribution < -0.4 is 4.90 Å². The molecule has 5 rings (SSSR count). The standard InChI is InChI=1S/C38H53N5O/c1-4-5-6-7-31-10-13-37(40-28-31)38(44)43(36-19-24-41(25-20-36)23-16-30(2)3)29-32-8-11-35(12-9-32)42-26-17-34(18-27-42)33-14-21-39-22-15-33/h8-15,21-22,28,30,34,36H,4-7,16-20,23-27,29H2,1-3H3. The van der Waals surface area contributed by atoms with Gasteiger partial charge in [0, 0.05) is 63.0 Å². The van der Waals surface area contributed by atoms with E-state index in [0.29, 0.717) is 18.2 Å². The SMILES string of the molecule is CCCCCc1ccc(C(=O)N(Cc2ccc(N3CCC(c4ccncc4)CC3)cc2)C2CCN(CCC(C)C)CC2)nc1. The van der Waals surface area contributed by atoms with Crippen LogP contribution in [0.15, 0.2) is 67.1 Å². The lowest BCUT2D eigenvalue weighted by Crippen LogP contribution is -2.47. The van der Waals surface area contributed by atoms with Gasteiger partial charge in [-0.15, -0.1) is 0 Å². The molecule has 0 N–H and O–H groups in total. The molecule has 2 fully saturated rings. The van der Waals surface area contributed by atoms with Gasteiger partial charge in [-0.25, -0.2) is 0 Å². The summed E-state index contributed by atoms with van der Waals surface area (Å²) in [6.45, 7) is 12.8. The van der Waals surface area contributed by atoms with Crippen LogP contribution in [0.3, 0.4) is 0 Å². The van der Waals surface area contributed by atoms with E-state index in [9.17, 15) is 4.79 Å². The summed E-state index contributed by atoms with van der Waals surface area (Å²) < 4.78 is 0. The number of benzene rings is 1. The van der Waals surface area contributed by atoms with Crippen molar-refractivity contribution in [3.63, 3.8) is 0 Å². The van der Waals surface area contributed by atoms with Crippen molar-refractivity contribution in [2.75, 3.05) is 37.6 Å². The molecule has 236 valence electrons. The van der Waals surface area contributed by atoms with E-state index in [4.69, 9.17) is 0 Å². The number of carbonyl (C=O) groups is 1. The predicted molar refractivity (Wildman–Crippen MR) is 181 cm³/mol. The number of rotatable bonds is 13. The normalized spacial score (nSPS) is 16.9. The summed E-state index contributed by atoms with van der Waals surface area (Å²) in [4.78, 5) is 30.1. The average molecular weight is 596 g/mol. The predicted octanol–water partition coefficient (Wildman–Crippen LogP) is 7.75. The van der Waals surface area contributed by atoms with Crippen LogP contribution in [0.5, 0.6) is 0 Å². The highest BCUT2D eigenvalue weighted by atomic mass is 16.2. The Hall–Kier alpha value is -3.25. The third-order valence-electron chi connectivity index (χ3n) is 9.72. The van der Waals surface area contributed by atoms with Crippen molar-refractivity contribution >= 4 is 11.6 Å². The second-order valence-corrected chi connectivity index (χ2v) is 13.4. The lowest BCUT2D eigenvalue weighted by Gasteiger charge is -2.39. The van der Waals surface area contributed by atoms with Gasteiger partial charge < -0.3 is 14.7 Å². The fourth-order valence-electron chi connectivity index (χ4n) is 6.80. The Labute approximate surface area is 265 Å². The Kier molecular flexibility index (Phi) is 11.8. The molecule has 0 aliphatic carbocycles. The van der Waals surface area contributed by atoms with Crippen LogP contribution in [0.25, 0.3) is 0 Å². The van der Waals surface area contributed by atoms with E-state index in [2.05, 4.69) is 87.9 Å². The van der Waals surface area contributed by atoms with E-state index in [1.54, 1.807) is 0 Å². The summed E-state index contributed by atoms with van der Waals surface area (Å²) in [6, 6.07) is 17.6. The molecule has 0 bridgehead atoms. The van der Waals surface area contributed by atoms with Crippen molar-refractivity contribution < 1.29 is 4.79 Å². The van der Waals surface area contributed by atoms with Gasteiger partial charge in [-0.05, 0) is 110 Å². The van der Waals surface area contributed by atoms with Gasteiger partial charge in [-0.3, -0.25) is 14.8 Å². The van der Waals surface area contributed by atoms with E-state index >= 15 is 0 Å². The number of hydrogen-bond donors (Lipinski definition) is 0. The van der Waals surface area contributed by atoms with Gasteiger partial charge in [0.15, 0.2) is 0 Å². The number of pyridine rings is 2. The second kappa shape index (κ2) is 16.2. The molecular weight excluding hydrogens is 542 g/mol. The monoisotopic (exact) mass is 595 g/mol. The van der Waals surface area contributed by atoms with Crippen molar-refractivity contribution in [2.45, 2.75) is 97.1 Å². The van der Waals surface area contributed by atoms with Gasteiger partial charge in [0.1, 0.15) is 5.69 Å². The number of aromatic nitrogens is 2. The molecule has 1 amide bonds. The van der Waals surface area contributed by atoms with Crippen LogP contribution in [0, 0.1) is 5.92 Å². The maximum atomic E-state index is 14.0. The first-order valence-electron chi connectivity index (χ1n) is 17.2. The van der Waals surface area contributed by atoms with Crippen LogP contribution in [0.2, 0.25) is 0 Å². The van der Waals surface area contributed by atoms with Crippen molar-refractivity contribution in [1.29, 1.82) is 0 Å². The first kappa shape index (κ1) is 32.2. The number of likely N-dealkylation sites (tertiary alicyclic amines) is 1. The fraction of sp³-hybridized carbons (Fsp3) is 0.553. The Bertz CT molecular complexity index is 1260. The minimum Gasteiger partial charge on any atom is -0.371 e. The molecule has 2 aromatic heterocycles. The average Bonchev–Trinajstić information content (AvgIpc) is 3.07. The molecule has 0 unspecified atom stereocenters. The summed E-state index contributed by atoms with van der Waals surface area (Å²) in [5.41, 5.74) is 5.66. The zero-order chi connectivity index (χ0) is 30.7. The number of hydrogen-bond acceptors (Lipinski definition) is 5. The van der Waals surface area contributed by atoms with Crippen LogP contribution in [-0.4, -0.2) is 64.4 Å². The van der Waals surface area contributed by atoms with Crippen molar-refractivity contribution in [1.82, 2.24) is 19.8 Å². The van der Waals surface area contributed by atoms with Crippen LogP contribution in [0.4, 0.5) is 5.69 Å². The number of carbonyl (C=O) groups excluding carboxylic acids is 1. The topological polar surface area (TPSA) is 52.6 Å². The summed E-state index contributed by atoms with van der Waals surface area (Å²) in [6.07, 6.45) is 16.0. The van der Waals surface area contributed by atoms with Crippen molar-refractivity contribution in [2.24, 2.45) is 5.92 Å². The molecule has 0 atom stereocenters. The van der Waals surface area contributed by atoms with E-state index in [1.807, 2.05) is 24.7 Å². The van der Waals surface area contributed by atoms with Gasteiger partial charge in [0.25, 0.3) is 5.91 Å². The first-order chi connectivity index (χ1) is 21.5. The third kappa shape index (κ3) is 8.90. The minimum atomic E-state index is 0.0630. The molecule has 0 saturated carbocycles. The molecule has 0 radical (unpaired) electrons. The van der Waals surface area contributed by atoms with Gasteiger partial charge in [0.2, 0.25) is 0 Å². The first-order valence-corrected chi connectivity index (χ1v) is 17.2. The Morgan fingerprint density at radius 1 is 0.886 bits per heavy atom. The molecule has 3 aromatic rings. The highest BCUT2D eigenvalue weighted by molar-refractivity contribution is 5.92. The fourth-order valence-corrected chi connectivity index (χ4v) is 6.80. The van der Waals surface area contributed by atoms with Gasteiger partial charge in [-0.2, -0.15) is 0 Å². The molecular formula is C38H53N5O. The van der Waals surface area contributed by atoms with E-state index in [-0.39, 0.29) is 11.9 Å². The van der Waals surface area contributed by atoms with Crippen molar-refractivity contribution in [3.05, 3.63) is 89.5 Å². The zero-order valence-corrected chi connectivity index (χ0v) is 27.3. The Morgan fingerprint density at radius 2 is 1.59 bits per heavy atom. The van der Waals surface area contributed by atoms with Crippen LogP contribution in [0.1, 0.15) is 105 Å². The summed E-state index contributed by atoms with van der Waals surface area (Å²) in [5.74, 6) is 1.40. The molecule has 44 heavy (non-hydrogen) atoms. The summed E-state index contributed by atoms with van der Waals surface area (Å²) in [7, 11) is 0. The molecule has 0 spiro atoms. The number of unbranched alkanes of at least 4 members (excludes halogenated alkanes) is 2. The highest BCUT2D eigenvalue weighted by Gasteiger charge is 2.29. The highest BCUT2D eigenvalue weighted by Crippen LogP contribution is 2.31. The van der Waals surface area contributed by atoms with Gasteiger partial charge >= 0.3 is 0 Å². The lowest BCUT2D eigenvalue weighted by molar-refractivity contribution is 0.0540. The lowest BCUT2D eigenvalue weighted by atomic mass is 9.90. The van der Waals surface area contributed by atoms with Gasteiger partial charge in [-0.1, -0.05) is 51.8 Å². The quantitative estimate of drug-likeness (QED) is 0.189. The Balaban J connectivity index is 1.24. The van der Waals surface area contributed by atoms with Crippen molar-refractivity contribution in [3.8, 4) is 0 Å². The molecule has 4 heterocycles. The number of anilines is 1. The summed E-state index contributed by atoms with van der Waals surface area (Å²) in [5, 5.41) is 0. The minimum absolute atomic E-state index is 0.0630. The molecule has 2 aliphatic heterocycles. The molecule has 2 saturated heterocycles. The number of aryl methyl sites for hydroxylation is 1. The molecule has 2 aliphatic rings. The molecule has 6 heteroatoms. The third-order valence-corrected chi connectivity index (χ3v) is 9.72. The number of nitrogens with zero attached hydrogens (tertiary/aromatic N) is 5. The van der Waals surface area contributed by atoms with E-state index in [0.717, 1.165) is 70.7 Å². The van der Waals surface area contributed by atoms with Crippen LogP contribution in [-0.2, 0) is 13.0 Å². The zero-order valence-electron chi connectivity index (χ0n) is 27.3. The maximum Gasteiger partial charge on any atom is 0.272 e. The number of piperidine rings is 2. The smallest absolute Gasteiger partial charge is 0.272 e. The molecule has 1 aromatic carbocycles. The number of amides is 1. The summed E-state index contributed by atoms with van der Waals surface area (Å²) >= 11 is 0. The van der Waals surface area contributed by atoms with Crippen LogP contribution >= 0.6 is 0 Å².